The number of ether oxygens (including phenoxy) is 1. The molecule has 148 valence electrons. The minimum absolute atomic E-state index is 0.322. The lowest BCUT2D eigenvalue weighted by molar-refractivity contribution is 0.306. The van der Waals surface area contributed by atoms with Gasteiger partial charge in [0.05, 0.1) is 0 Å². The second-order valence-electron chi connectivity index (χ2n) is 6.04. The highest BCUT2D eigenvalue weighted by Crippen LogP contribution is 2.11. The molecular formula is C26H25ClO2. The van der Waals surface area contributed by atoms with Crippen LogP contribution >= 0.6 is 11.6 Å². The van der Waals surface area contributed by atoms with Gasteiger partial charge in [0.25, 0.3) is 0 Å². The number of benzene rings is 4. The summed E-state index contributed by atoms with van der Waals surface area (Å²) in [6, 6.07) is 38.7. The molecule has 0 fully saturated rings. The number of rotatable bonds is 4. The van der Waals surface area contributed by atoms with Gasteiger partial charge >= 0.3 is 0 Å². The van der Waals surface area contributed by atoms with Gasteiger partial charge in [-0.3, -0.25) is 0 Å². The van der Waals surface area contributed by atoms with Gasteiger partial charge in [0, 0.05) is 5.88 Å². The Morgan fingerprint density at radius 3 is 1.34 bits per heavy atom. The predicted molar refractivity (Wildman–Crippen MR) is 121 cm³/mol. The second kappa shape index (κ2) is 13.9. The highest BCUT2D eigenvalue weighted by atomic mass is 35.5. The van der Waals surface area contributed by atoms with Crippen molar-refractivity contribution < 1.29 is 9.84 Å². The Balaban J connectivity index is 0.000000170. The van der Waals surface area contributed by atoms with E-state index in [1.165, 1.54) is 11.1 Å². The molecule has 0 saturated carbocycles. The summed E-state index contributed by atoms with van der Waals surface area (Å²) in [6.07, 6.45) is 0. The number of alkyl halides is 1. The molecule has 4 rings (SSSR count). The van der Waals surface area contributed by atoms with Crippen LogP contribution in [0.1, 0.15) is 11.1 Å². The minimum Gasteiger partial charge on any atom is -0.508 e. The maximum absolute atomic E-state index is 8.63. The third-order valence-corrected chi connectivity index (χ3v) is 4.05. The van der Waals surface area contributed by atoms with Crippen molar-refractivity contribution in [2.75, 3.05) is 0 Å². The standard InChI is InChI=1S/C13H12O.C7H7Cl.C6H6O/c1-3-7-12(8-4-1)11-14-13-9-5-2-6-10-13;8-6-7-4-2-1-3-5-7;7-6-4-2-1-3-5-6/h1-10H,11H2;1-5H,6H2;1-5,7H. The van der Waals surface area contributed by atoms with E-state index in [0.29, 0.717) is 18.2 Å². The average molecular weight is 405 g/mol. The molecular weight excluding hydrogens is 380 g/mol. The third-order valence-electron chi connectivity index (χ3n) is 3.74. The molecule has 1 N–H and O–H groups in total. The first-order valence-corrected chi connectivity index (χ1v) is 9.87. The first-order chi connectivity index (χ1) is 14.3. The van der Waals surface area contributed by atoms with Crippen LogP contribution < -0.4 is 4.74 Å². The van der Waals surface area contributed by atoms with Crippen LogP contribution in [0.15, 0.2) is 121 Å². The van der Waals surface area contributed by atoms with E-state index in [1.807, 2.05) is 84.9 Å². The maximum Gasteiger partial charge on any atom is 0.119 e. The third kappa shape index (κ3) is 10.0. The summed E-state index contributed by atoms with van der Waals surface area (Å²) < 4.78 is 5.59. The van der Waals surface area contributed by atoms with Gasteiger partial charge in [-0.25, -0.2) is 0 Å². The normalized spacial score (nSPS) is 9.28. The highest BCUT2D eigenvalue weighted by molar-refractivity contribution is 6.17. The topological polar surface area (TPSA) is 29.5 Å². The van der Waals surface area contributed by atoms with Crippen molar-refractivity contribution in [2.24, 2.45) is 0 Å². The van der Waals surface area contributed by atoms with Gasteiger partial charge in [0.2, 0.25) is 0 Å². The molecule has 3 heteroatoms. The fraction of sp³-hybridized carbons (Fsp3) is 0.0769. The summed E-state index contributed by atoms with van der Waals surface area (Å²) in [7, 11) is 0. The predicted octanol–water partition coefficient (Wildman–Crippen LogP) is 7.08. The summed E-state index contributed by atoms with van der Waals surface area (Å²) in [5.74, 6) is 1.85. The lowest BCUT2D eigenvalue weighted by Gasteiger charge is -2.05. The Labute approximate surface area is 178 Å². The van der Waals surface area contributed by atoms with Crippen LogP contribution in [0.2, 0.25) is 0 Å². The summed E-state index contributed by atoms with van der Waals surface area (Å²) in [5.41, 5.74) is 2.37. The molecule has 4 aromatic carbocycles. The quantitative estimate of drug-likeness (QED) is 0.368. The van der Waals surface area contributed by atoms with Crippen molar-refractivity contribution in [3.8, 4) is 11.5 Å². The van der Waals surface area contributed by atoms with Gasteiger partial charge in [-0.15, -0.1) is 11.6 Å². The molecule has 2 nitrogen and oxygen atoms in total. The Morgan fingerprint density at radius 1 is 0.552 bits per heavy atom. The number of hydrogen-bond donors (Lipinski definition) is 1. The number of aromatic hydroxyl groups is 1. The first kappa shape index (κ1) is 22.1. The molecule has 0 aromatic heterocycles. The van der Waals surface area contributed by atoms with E-state index in [0.717, 1.165) is 5.75 Å². The summed E-state index contributed by atoms with van der Waals surface area (Å²) in [4.78, 5) is 0. The van der Waals surface area contributed by atoms with Crippen LogP contribution in [0.3, 0.4) is 0 Å². The zero-order chi connectivity index (χ0) is 20.6. The summed E-state index contributed by atoms with van der Waals surface area (Å²) in [5, 5.41) is 8.63. The van der Waals surface area contributed by atoms with Gasteiger partial charge in [-0.2, -0.15) is 0 Å². The Hall–Kier alpha value is -3.23. The SMILES string of the molecule is ClCc1ccccc1.Oc1ccccc1.c1ccc(COc2ccccc2)cc1. The molecule has 0 unspecified atom stereocenters. The van der Waals surface area contributed by atoms with Gasteiger partial charge in [-0.05, 0) is 35.4 Å². The second-order valence-corrected chi connectivity index (χ2v) is 6.31. The van der Waals surface area contributed by atoms with Crippen LogP contribution in [0.25, 0.3) is 0 Å². The lowest BCUT2D eigenvalue weighted by atomic mass is 10.2. The average Bonchev–Trinajstić information content (AvgIpc) is 2.81. The van der Waals surface area contributed by atoms with Crippen molar-refractivity contribution in [1.29, 1.82) is 0 Å². The van der Waals surface area contributed by atoms with E-state index in [-0.39, 0.29) is 0 Å². The summed E-state index contributed by atoms with van der Waals surface area (Å²) in [6.45, 7) is 0.630. The van der Waals surface area contributed by atoms with Gasteiger partial charge in [-0.1, -0.05) is 97.1 Å². The molecule has 0 spiro atoms. The Bertz CT molecular complexity index is 843. The Kier molecular flexibility index (Phi) is 10.5. The Morgan fingerprint density at radius 2 is 0.966 bits per heavy atom. The van der Waals surface area contributed by atoms with Gasteiger partial charge in [0.15, 0.2) is 0 Å². The molecule has 0 amide bonds. The molecule has 0 aliphatic rings. The molecule has 0 radical (unpaired) electrons. The number of phenols is 1. The van der Waals surface area contributed by atoms with E-state index in [1.54, 1.807) is 24.3 Å². The van der Waals surface area contributed by atoms with Crippen LogP contribution in [0.4, 0.5) is 0 Å². The molecule has 0 aliphatic heterocycles. The van der Waals surface area contributed by atoms with Crippen LogP contribution in [0, 0.1) is 0 Å². The van der Waals surface area contributed by atoms with Crippen molar-refractivity contribution in [3.05, 3.63) is 132 Å². The van der Waals surface area contributed by atoms with Crippen molar-refractivity contribution >= 4 is 11.6 Å². The summed E-state index contributed by atoms with van der Waals surface area (Å²) >= 11 is 5.53. The van der Waals surface area contributed by atoms with E-state index in [4.69, 9.17) is 21.4 Å². The molecule has 0 saturated heterocycles. The molecule has 0 bridgehead atoms. The maximum atomic E-state index is 8.63. The smallest absolute Gasteiger partial charge is 0.119 e. The minimum atomic E-state index is 0.322. The van der Waals surface area contributed by atoms with Gasteiger partial charge < -0.3 is 9.84 Å². The number of halogens is 1. The molecule has 29 heavy (non-hydrogen) atoms. The zero-order valence-electron chi connectivity index (χ0n) is 16.2. The molecule has 0 aliphatic carbocycles. The molecule has 0 heterocycles. The van der Waals surface area contributed by atoms with E-state index in [9.17, 15) is 0 Å². The highest BCUT2D eigenvalue weighted by Gasteiger charge is 1.92. The van der Waals surface area contributed by atoms with E-state index >= 15 is 0 Å². The zero-order valence-corrected chi connectivity index (χ0v) is 17.0. The van der Waals surface area contributed by atoms with Crippen LogP contribution in [-0.2, 0) is 12.5 Å². The number of phenolic OH excluding ortho intramolecular Hbond substituents is 1. The molecule has 4 aromatic rings. The van der Waals surface area contributed by atoms with Crippen LogP contribution in [0.5, 0.6) is 11.5 Å². The van der Waals surface area contributed by atoms with Gasteiger partial charge in [0.1, 0.15) is 18.1 Å². The van der Waals surface area contributed by atoms with Crippen LogP contribution in [-0.4, -0.2) is 5.11 Å². The van der Waals surface area contributed by atoms with Crippen molar-refractivity contribution in [3.63, 3.8) is 0 Å². The molecule has 0 atom stereocenters. The monoisotopic (exact) mass is 404 g/mol. The van der Waals surface area contributed by atoms with E-state index < -0.39 is 0 Å². The number of para-hydroxylation sites is 2. The lowest BCUT2D eigenvalue weighted by Crippen LogP contribution is -1.94. The number of hydrogen-bond acceptors (Lipinski definition) is 2. The fourth-order valence-electron chi connectivity index (χ4n) is 2.25. The first-order valence-electron chi connectivity index (χ1n) is 9.33. The van der Waals surface area contributed by atoms with E-state index in [2.05, 4.69) is 12.1 Å². The van der Waals surface area contributed by atoms with Crippen molar-refractivity contribution in [2.45, 2.75) is 12.5 Å². The largest absolute Gasteiger partial charge is 0.508 e. The fourth-order valence-corrected chi connectivity index (χ4v) is 2.43. The van der Waals surface area contributed by atoms with Crippen molar-refractivity contribution in [1.82, 2.24) is 0 Å².